The summed E-state index contributed by atoms with van der Waals surface area (Å²) in [6.45, 7) is 5.30. The molecule has 0 fully saturated rings. The fourth-order valence-corrected chi connectivity index (χ4v) is 2.88. The van der Waals surface area contributed by atoms with E-state index in [0.29, 0.717) is 6.42 Å². The van der Waals surface area contributed by atoms with Crippen molar-refractivity contribution in [2.75, 3.05) is 0 Å². The van der Waals surface area contributed by atoms with Crippen LogP contribution in [0.5, 0.6) is 0 Å². The van der Waals surface area contributed by atoms with E-state index in [0.717, 1.165) is 5.56 Å². The van der Waals surface area contributed by atoms with Crippen LogP contribution in [0.15, 0.2) is 29.2 Å². The summed E-state index contributed by atoms with van der Waals surface area (Å²) in [7, 11) is -3.85. The Balaban J connectivity index is 3.00. The Hall–Kier alpha value is -1.40. The molecule has 0 radical (unpaired) electrons. The third kappa shape index (κ3) is 4.04. The van der Waals surface area contributed by atoms with E-state index in [2.05, 4.69) is 4.72 Å². The zero-order chi connectivity index (χ0) is 14.6. The molecule has 0 aromatic heterocycles. The highest BCUT2D eigenvalue weighted by molar-refractivity contribution is 7.89. The maximum atomic E-state index is 12.1. The summed E-state index contributed by atoms with van der Waals surface area (Å²) in [5.74, 6) is -1.75. The van der Waals surface area contributed by atoms with Crippen molar-refractivity contribution in [1.82, 2.24) is 4.72 Å². The maximum Gasteiger partial charge on any atom is 0.241 e. The Bertz CT molecular complexity index is 536. The SMILES string of the molecule is CC[C@@H](C)[C@H](NS(=O)(=O)c1ccc(C)cc1)C(=O)[O-]. The van der Waals surface area contributed by atoms with Gasteiger partial charge >= 0.3 is 0 Å². The number of carboxylic acids is 1. The molecular weight excluding hydrogens is 266 g/mol. The van der Waals surface area contributed by atoms with Gasteiger partial charge in [-0.25, -0.2) is 13.1 Å². The third-order valence-corrected chi connectivity index (χ3v) is 4.54. The van der Waals surface area contributed by atoms with Gasteiger partial charge in [-0.3, -0.25) is 0 Å². The minimum Gasteiger partial charge on any atom is -0.548 e. The van der Waals surface area contributed by atoms with Crippen molar-refractivity contribution < 1.29 is 18.3 Å². The monoisotopic (exact) mass is 284 g/mol. The van der Waals surface area contributed by atoms with Crippen LogP contribution in [0.3, 0.4) is 0 Å². The van der Waals surface area contributed by atoms with E-state index in [1.54, 1.807) is 26.0 Å². The second-order valence-electron chi connectivity index (χ2n) is 4.62. The van der Waals surface area contributed by atoms with Gasteiger partial charge in [0, 0.05) is 0 Å². The van der Waals surface area contributed by atoms with Gasteiger partial charge in [-0.1, -0.05) is 38.0 Å². The average molecular weight is 284 g/mol. The summed E-state index contributed by atoms with van der Waals surface area (Å²) in [5.41, 5.74) is 0.928. The zero-order valence-corrected chi connectivity index (χ0v) is 12.0. The van der Waals surface area contributed by atoms with Crippen LogP contribution in [0.2, 0.25) is 0 Å². The van der Waals surface area contributed by atoms with E-state index in [1.165, 1.54) is 12.1 Å². The van der Waals surface area contributed by atoms with Gasteiger partial charge < -0.3 is 9.90 Å². The molecule has 6 heteroatoms. The molecule has 0 bridgehead atoms. The van der Waals surface area contributed by atoms with Gasteiger partial charge in [0.15, 0.2) is 0 Å². The lowest BCUT2D eigenvalue weighted by atomic mass is 10.0. The predicted octanol–water partition coefficient (Wildman–Crippen LogP) is 0.438. The van der Waals surface area contributed by atoms with E-state index >= 15 is 0 Å². The van der Waals surface area contributed by atoms with E-state index in [9.17, 15) is 18.3 Å². The first-order valence-electron chi connectivity index (χ1n) is 6.07. The van der Waals surface area contributed by atoms with Crippen LogP contribution in [0, 0.1) is 12.8 Å². The number of aliphatic carboxylic acids is 1. The smallest absolute Gasteiger partial charge is 0.241 e. The van der Waals surface area contributed by atoms with Gasteiger partial charge in [0.25, 0.3) is 0 Å². The lowest BCUT2D eigenvalue weighted by Crippen LogP contribution is -2.51. The molecule has 1 rings (SSSR count). The lowest BCUT2D eigenvalue weighted by molar-refractivity contribution is -0.309. The van der Waals surface area contributed by atoms with E-state index in [-0.39, 0.29) is 10.8 Å². The molecule has 5 nitrogen and oxygen atoms in total. The number of carboxylic acid groups (broad SMARTS) is 1. The largest absolute Gasteiger partial charge is 0.548 e. The van der Waals surface area contributed by atoms with Crippen molar-refractivity contribution in [3.8, 4) is 0 Å². The molecule has 1 aromatic carbocycles. The number of hydrogen-bond acceptors (Lipinski definition) is 4. The minimum absolute atomic E-state index is 0.0488. The van der Waals surface area contributed by atoms with Crippen LogP contribution in [0.25, 0.3) is 0 Å². The fourth-order valence-electron chi connectivity index (χ4n) is 1.58. The first-order chi connectivity index (χ1) is 8.77. The minimum atomic E-state index is -3.85. The number of nitrogens with one attached hydrogen (secondary N) is 1. The van der Waals surface area contributed by atoms with Crippen LogP contribution in [-0.4, -0.2) is 20.4 Å². The standard InChI is InChI=1S/C13H19NO4S/c1-4-10(3)12(13(15)16)14-19(17,18)11-7-5-9(2)6-8-11/h5-8,10,12,14H,4H2,1-3H3,(H,15,16)/p-1/t10-,12+/m1/s1. The van der Waals surface area contributed by atoms with Crippen LogP contribution >= 0.6 is 0 Å². The molecule has 0 aliphatic heterocycles. The molecule has 0 heterocycles. The quantitative estimate of drug-likeness (QED) is 0.821. The van der Waals surface area contributed by atoms with E-state index < -0.39 is 22.0 Å². The fraction of sp³-hybridized carbons (Fsp3) is 0.462. The summed E-state index contributed by atoms with van der Waals surface area (Å²) >= 11 is 0. The summed E-state index contributed by atoms with van der Waals surface area (Å²) in [5, 5.41) is 11.0. The highest BCUT2D eigenvalue weighted by Crippen LogP contribution is 2.14. The summed E-state index contributed by atoms with van der Waals surface area (Å²) < 4.78 is 26.3. The molecule has 0 spiro atoms. The van der Waals surface area contributed by atoms with Crippen LogP contribution in [0.1, 0.15) is 25.8 Å². The molecule has 0 aliphatic rings. The first kappa shape index (κ1) is 15.7. The van der Waals surface area contributed by atoms with Gasteiger partial charge in [-0.2, -0.15) is 0 Å². The highest BCUT2D eigenvalue weighted by atomic mass is 32.2. The number of carbonyl (C=O) groups excluding carboxylic acids is 1. The van der Waals surface area contributed by atoms with Crippen molar-refractivity contribution in [3.63, 3.8) is 0 Å². The van der Waals surface area contributed by atoms with Crippen LogP contribution in [-0.2, 0) is 14.8 Å². The lowest BCUT2D eigenvalue weighted by Gasteiger charge is -2.24. The molecule has 0 unspecified atom stereocenters. The number of sulfonamides is 1. The van der Waals surface area contributed by atoms with Crippen LogP contribution < -0.4 is 9.83 Å². The number of aryl methyl sites for hydroxylation is 1. The molecule has 19 heavy (non-hydrogen) atoms. The van der Waals surface area contributed by atoms with Crippen molar-refractivity contribution in [2.45, 2.75) is 38.1 Å². The molecule has 0 saturated heterocycles. The van der Waals surface area contributed by atoms with Crippen molar-refractivity contribution in [2.24, 2.45) is 5.92 Å². The first-order valence-corrected chi connectivity index (χ1v) is 7.56. The van der Waals surface area contributed by atoms with Gasteiger partial charge in [0.05, 0.1) is 16.9 Å². The third-order valence-electron chi connectivity index (χ3n) is 3.08. The summed E-state index contributed by atoms with van der Waals surface area (Å²) in [4.78, 5) is 11.1. The molecule has 2 atom stereocenters. The highest BCUT2D eigenvalue weighted by Gasteiger charge is 2.24. The average Bonchev–Trinajstić information content (AvgIpc) is 2.35. The Morgan fingerprint density at radius 1 is 1.32 bits per heavy atom. The summed E-state index contributed by atoms with van der Waals surface area (Å²) in [6, 6.07) is 4.98. The zero-order valence-electron chi connectivity index (χ0n) is 11.2. The van der Waals surface area contributed by atoms with Crippen molar-refractivity contribution in [1.29, 1.82) is 0 Å². The van der Waals surface area contributed by atoms with E-state index in [1.807, 2.05) is 6.92 Å². The molecular formula is C13H18NO4S-. The van der Waals surface area contributed by atoms with Gasteiger partial charge in [-0.15, -0.1) is 0 Å². The Morgan fingerprint density at radius 2 is 1.84 bits per heavy atom. The van der Waals surface area contributed by atoms with Gasteiger partial charge in [-0.05, 0) is 25.0 Å². The van der Waals surface area contributed by atoms with Crippen molar-refractivity contribution in [3.05, 3.63) is 29.8 Å². The topological polar surface area (TPSA) is 86.3 Å². The number of hydrogen-bond donors (Lipinski definition) is 1. The van der Waals surface area contributed by atoms with E-state index in [4.69, 9.17) is 0 Å². The Kier molecular flexibility index (Phi) is 5.08. The van der Waals surface area contributed by atoms with Crippen LogP contribution in [0.4, 0.5) is 0 Å². The normalized spacial score (nSPS) is 14.9. The second kappa shape index (κ2) is 6.16. The molecule has 106 valence electrons. The van der Waals surface area contributed by atoms with Gasteiger partial charge in [0.1, 0.15) is 0 Å². The number of carbonyl (C=O) groups is 1. The second-order valence-corrected chi connectivity index (χ2v) is 6.33. The molecule has 0 saturated carbocycles. The molecule has 1 aromatic rings. The maximum absolute atomic E-state index is 12.1. The van der Waals surface area contributed by atoms with Gasteiger partial charge in [0.2, 0.25) is 10.0 Å². The molecule has 1 N–H and O–H groups in total. The molecule has 0 aliphatic carbocycles. The Morgan fingerprint density at radius 3 is 2.26 bits per heavy atom. The number of rotatable bonds is 6. The Labute approximate surface area is 113 Å². The van der Waals surface area contributed by atoms with Crippen molar-refractivity contribution >= 4 is 16.0 Å². The number of benzene rings is 1. The summed E-state index contributed by atoms with van der Waals surface area (Å²) in [6.07, 6.45) is 0.537. The molecule has 0 amide bonds. The predicted molar refractivity (Wildman–Crippen MR) is 69.8 cm³/mol.